The summed E-state index contributed by atoms with van der Waals surface area (Å²) < 4.78 is 5.91. The summed E-state index contributed by atoms with van der Waals surface area (Å²) >= 11 is 5.88. The van der Waals surface area contributed by atoms with Gasteiger partial charge in [0.2, 0.25) is 0 Å². The Labute approximate surface area is 120 Å². The van der Waals surface area contributed by atoms with Crippen LogP contribution in [-0.4, -0.2) is 18.0 Å². The van der Waals surface area contributed by atoms with Crippen molar-refractivity contribution in [1.29, 1.82) is 0 Å². The first kappa shape index (κ1) is 14.5. The predicted molar refractivity (Wildman–Crippen MR) is 77.8 cm³/mol. The largest absolute Gasteiger partial charge is 0.367 e. The Morgan fingerprint density at radius 3 is 2.26 bits per heavy atom. The van der Waals surface area contributed by atoms with Gasteiger partial charge in [-0.1, -0.05) is 37.3 Å². The SMILES string of the molecule is CCOC1(C(=O)c2ccc(Cl)cc2)CCCCCC1. The second-order valence-corrected chi connectivity index (χ2v) is 5.61. The van der Waals surface area contributed by atoms with Gasteiger partial charge in [0.15, 0.2) is 5.78 Å². The fraction of sp³-hybridized carbons (Fsp3) is 0.562. The van der Waals surface area contributed by atoms with E-state index < -0.39 is 5.60 Å². The lowest BCUT2D eigenvalue weighted by molar-refractivity contribution is -0.0292. The van der Waals surface area contributed by atoms with Crippen LogP contribution in [0.4, 0.5) is 0 Å². The number of rotatable bonds is 4. The number of carbonyl (C=O) groups is 1. The van der Waals surface area contributed by atoms with Crippen LogP contribution in [0.3, 0.4) is 0 Å². The summed E-state index contributed by atoms with van der Waals surface area (Å²) in [6, 6.07) is 7.14. The lowest BCUT2D eigenvalue weighted by Gasteiger charge is -2.31. The van der Waals surface area contributed by atoms with E-state index >= 15 is 0 Å². The Morgan fingerprint density at radius 1 is 1.16 bits per heavy atom. The Balaban J connectivity index is 2.26. The van der Waals surface area contributed by atoms with Crippen molar-refractivity contribution in [2.45, 2.75) is 51.0 Å². The molecule has 1 fully saturated rings. The third-order valence-corrected chi connectivity index (χ3v) is 4.10. The summed E-state index contributed by atoms with van der Waals surface area (Å²) in [5.74, 6) is 0.118. The Hall–Kier alpha value is -0.860. The maximum atomic E-state index is 12.8. The van der Waals surface area contributed by atoms with Crippen molar-refractivity contribution in [2.24, 2.45) is 0 Å². The Morgan fingerprint density at radius 2 is 1.74 bits per heavy atom. The van der Waals surface area contributed by atoms with Gasteiger partial charge in [0, 0.05) is 17.2 Å². The third-order valence-electron chi connectivity index (χ3n) is 3.85. The monoisotopic (exact) mass is 280 g/mol. The molecule has 0 radical (unpaired) electrons. The van der Waals surface area contributed by atoms with Gasteiger partial charge < -0.3 is 4.74 Å². The lowest BCUT2D eigenvalue weighted by Crippen LogP contribution is -2.41. The topological polar surface area (TPSA) is 26.3 Å². The number of halogens is 1. The molecule has 0 spiro atoms. The molecular formula is C16H21ClO2. The van der Waals surface area contributed by atoms with Gasteiger partial charge in [-0.2, -0.15) is 0 Å². The zero-order valence-electron chi connectivity index (χ0n) is 11.5. The smallest absolute Gasteiger partial charge is 0.194 e. The normalized spacial score (nSPS) is 18.8. The highest BCUT2D eigenvalue weighted by molar-refractivity contribution is 6.30. The predicted octanol–water partition coefficient (Wildman–Crippen LogP) is 4.65. The molecule has 0 bridgehead atoms. The number of ether oxygens (including phenoxy) is 1. The molecule has 2 nitrogen and oxygen atoms in total. The number of Topliss-reactive ketones (excluding diaryl/α,β-unsaturated/α-hetero) is 1. The molecule has 104 valence electrons. The van der Waals surface area contributed by atoms with Crippen LogP contribution < -0.4 is 0 Å². The molecule has 1 aliphatic carbocycles. The van der Waals surface area contributed by atoms with Gasteiger partial charge in [-0.15, -0.1) is 0 Å². The first-order valence-electron chi connectivity index (χ1n) is 7.12. The van der Waals surface area contributed by atoms with Crippen LogP contribution in [0.5, 0.6) is 0 Å². The lowest BCUT2D eigenvalue weighted by atomic mass is 9.85. The van der Waals surface area contributed by atoms with Crippen LogP contribution in [0.15, 0.2) is 24.3 Å². The van der Waals surface area contributed by atoms with E-state index in [0.29, 0.717) is 17.2 Å². The molecule has 0 atom stereocenters. The zero-order valence-corrected chi connectivity index (χ0v) is 12.2. The summed E-state index contributed by atoms with van der Waals surface area (Å²) in [6.07, 6.45) is 6.20. The van der Waals surface area contributed by atoms with Crippen LogP contribution in [0.25, 0.3) is 0 Å². The van der Waals surface area contributed by atoms with Gasteiger partial charge >= 0.3 is 0 Å². The molecule has 0 aliphatic heterocycles. The fourth-order valence-electron chi connectivity index (χ4n) is 2.88. The molecule has 0 amide bonds. The average molecular weight is 281 g/mol. The van der Waals surface area contributed by atoms with Gasteiger partial charge in [0.25, 0.3) is 0 Å². The van der Waals surface area contributed by atoms with Crippen molar-refractivity contribution < 1.29 is 9.53 Å². The maximum Gasteiger partial charge on any atom is 0.194 e. The van der Waals surface area contributed by atoms with Crippen molar-refractivity contribution in [2.75, 3.05) is 6.61 Å². The quantitative estimate of drug-likeness (QED) is 0.593. The number of hydrogen-bond donors (Lipinski definition) is 0. The van der Waals surface area contributed by atoms with Gasteiger partial charge in [0.05, 0.1) is 0 Å². The molecule has 0 N–H and O–H groups in total. The van der Waals surface area contributed by atoms with Crippen molar-refractivity contribution in [3.8, 4) is 0 Å². The average Bonchev–Trinajstić information content (AvgIpc) is 2.66. The highest BCUT2D eigenvalue weighted by atomic mass is 35.5. The van der Waals surface area contributed by atoms with E-state index in [0.717, 1.165) is 25.7 Å². The van der Waals surface area contributed by atoms with E-state index in [4.69, 9.17) is 16.3 Å². The van der Waals surface area contributed by atoms with Crippen molar-refractivity contribution >= 4 is 17.4 Å². The van der Waals surface area contributed by atoms with E-state index in [1.165, 1.54) is 12.8 Å². The number of hydrogen-bond acceptors (Lipinski definition) is 2. The summed E-state index contributed by atoms with van der Waals surface area (Å²) in [5.41, 5.74) is 0.0961. The van der Waals surface area contributed by atoms with Crippen LogP contribution in [-0.2, 0) is 4.74 Å². The molecule has 3 heteroatoms. The van der Waals surface area contributed by atoms with Crippen LogP contribution in [0, 0.1) is 0 Å². The molecule has 1 aromatic carbocycles. The fourth-order valence-corrected chi connectivity index (χ4v) is 3.00. The Bertz CT molecular complexity index is 417. The molecule has 1 aliphatic rings. The number of ketones is 1. The minimum atomic E-state index is -0.612. The van der Waals surface area contributed by atoms with Gasteiger partial charge in [0.1, 0.15) is 5.60 Å². The molecule has 0 unspecified atom stereocenters. The summed E-state index contributed by atoms with van der Waals surface area (Å²) in [6.45, 7) is 2.54. The van der Waals surface area contributed by atoms with Crippen molar-refractivity contribution in [3.05, 3.63) is 34.9 Å². The molecular weight excluding hydrogens is 260 g/mol. The minimum absolute atomic E-state index is 0.118. The van der Waals surface area contributed by atoms with Gasteiger partial charge in [-0.25, -0.2) is 0 Å². The third kappa shape index (κ3) is 3.37. The van der Waals surface area contributed by atoms with Crippen LogP contribution in [0.2, 0.25) is 5.02 Å². The minimum Gasteiger partial charge on any atom is -0.367 e. The molecule has 2 rings (SSSR count). The zero-order chi connectivity index (χ0) is 13.7. The first-order chi connectivity index (χ1) is 9.18. The van der Waals surface area contributed by atoms with Gasteiger partial charge in [-0.05, 0) is 44.0 Å². The van der Waals surface area contributed by atoms with Crippen LogP contribution in [0.1, 0.15) is 55.8 Å². The number of benzene rings is 1. The highest BCUT2D eigenvalue weighted by Gasteiger charge is 2.39. The molecule has 1 aromatic rings. The van der Waals surface area contributed by atoms with E-state index in [2.05, 4.69) is 0 Å². The second kappa shape index (κ2) is 6.53. The molecule has 1 saturated carbocycles. The van der Waals surface area contributed by atoms with Crippen LogP contribution >= 0.6 is 11.6 Å². The Kier molecular flexibility index (Phi) is 5.00. The first-order valence-corrected chi connectivity index (χ1v) is 7.50. The molecule has 0 aromatic heterocycles. The van der Waals surface area contributed by atoms with E-state index in [-0.39, 0.29) is 5.78 Å². The van der Waals surface area contributed by atoms with E-state index in [1.807, 2.05) is 6.92 Å². The summed E-state index contributed by atoms with van der Waals surface area (Å²) in [4.78, 5) is 12.8. The summed E-state index contributed by atoms with van der Waals surface area (Å²) in [7, 11) is 0. The van der Waals surface area contributed by atoms with Crippen molar-refractivity contribution in [3.63, 3.8) is 0 Å². The molecule has 0 saturated heterocycles. The number of carbonyl (C=O) groups excluding carboxylic acids is 1. The van der Waals surface area contributed by atoms with Crippen molar-refractivity contribution in [1.82, 2.24) is 0 Å². The maximum absolute atomic E-state index is 12.8. The second-order valence-electron chi connectivity index (χ2n) is 5.18. The summed E-state index contributed by atoms with van der Waals surface area (Å²) in [5, 5.41) is 0.655. The van der Waals surface area contributed by atoms with E-state index in [1.54, 1.807) is 24.3 Å². The van der Waals surface area contributed by atoms with E-state index in [9.17, 15) is 4.79 Å². The van der Waals surface area contributed by atoms with Gasteiger partial charge in [-0.3, -0.25) is 4.79 Å². The molecule has 0 heterocycles. The molecule has 19 heavy (non-hydrogen) atoms. The standard InChI is InChI=1S/C16H21ClO2/c1-2-19-16(11-5-3-4-6-12-16)15(18)13-7-9-14(17)10-8-13/h7-10H,2-6,11-12H2,1H3. The highest BCUT2D eigenvalue weighted by Crippen LogP contribution is 2.33.